The standard InChI is InChI=1S/C11H20N2O3/c1-7-4-8(2)6-13(5-7)11(16)12-9(3)10(14)15/h7-9H,4-6H2,1-3H3,(H,12,16)(H,14,15). The lowest BCUT2D eigenvalue weighted by Crippen LogP contribution is -2.51. The molecule has 0 saturated carbocycles. The van der Waals surface area contributed by atoms with Crippen molar-refractivity contribution >= 4 is 12.0 Å². The number of hydrogen-bond donors (Lipinski definition) is 2. The smallest absolute Gasteiger partial charge is 0.325 e. The number of carboxylic acids is 1. The number of carboxylic acid groups (broad SMARTS) is 1. The zero-order valence-corrected chi connectivity index (χ0v) is 10.1. The highest BCUT2D eigenvalue weighted by atomic mass is 16.4. The van der Waals surface area contributed by atoms with Gasteiger partial charge in [-0.15, -0.1) is 0 Å². The van der Waals surface area contributed by atoms with Crippen LogP contribution >= 0.6 is 0 Å². The molecule has 1 saturated heterocycles. The molecule has 0 radical (unpaired) electrons. The second-order valence-corrected chi connectivity index (χ2v) is 4.86. The molecule has 1 rings (SSSR count). The highest BCUT2D eigenvalue weighted by Gasteiger charge is 2.26. The summed E-state index contributed by atoms with van der Waals surface area (Å²) in [6, 6.07) is -1.10. The van der Waals surface area contributed by atoms with Gasteiger partial charge in [0.1, 0.15) is 6.04 Å². The summed E-state index contributed by atoms with van der Waals surface area (Å²) in [7, 11) is 0. The quantitative estimate of drug-likeness (QED) is 0.744. The van der Waals surface area contributed by atoms with Crippen molar-refractivity contribution in [3.8, 4) is 0 Å². The number of likely N-dealkylation sites (tertiary alicyclic amines) is 1. The average molecular weight is 228 g/mol. The van der Waals surface area contributed by atoms with E-state index >= 15 is 0 Å². The molecular formula is C11H20N2O3. The van der Waals surface area contributed by atoms with E-state index in [-0.39, 0.29) is 6.03 Å². The highest BCUT2D eigenvalue weighted by Crippen LogP contribution is 2.20. The summed E-state index contributed by atoms with van der Waals surface area (Å²) in [5.41, 5.74) is 0. The molecule has 16 heavy (non-hydrogen) atoms. The van der Waals surface area contributed by atoms with Gasteiger partial charge in [-0.1, -0.05) is 13.8 Å². The number of carbonyl (C=O) groups is 2. The summed E-state index contributed by atoms with van der Waals surface area (Å²) in [6.07, 6.45) is 1.12. The summed E-state index contributed by atoms with van der Waals surface area (Å²) >= 11 is 0. The molecule has 0 aromatic rings. The number of aliphatic carboxylic acids is 1. The van der Waals surface area contributed by atoms with Gasteiger partial charge in [-0.3, -0.25) is 4.79 Å². The Morgan fingerprint density at radius 2 is 1.81 bits per heavy atom. The topological polar surface area (TPSA) is 69.6 Å². The van der Waals surface area contributed by atoms with Gasteiger partial charge in [-0.25, -0.2) is 4.79 Å². The maximum Gasteiger partial charge on any atom is 0.325 e. The molecule has 1 heterocycles. The maximum atomic E-state index is 11.8. The fourth-order valence-corrected chi connectivity index (χ4v) is 2.17. The van der Waals surface area contributed by atoms with Crippen molar-refractivity contribution in [3.63, 3.8) is 0 Å². The van der Waals surface area contributed by atoms with Crippen LogP contribution in [-0.2, 0) is 4.79 Å². The Labute approximate surface area is 95.8 Å². The number of rotatable bonds is 2. The maximum absolute atomic E-state index is 11.8. The molecule has 0 aliphatic carbocycles. The molecule has 2 amide bonds. The van der Waals surface area contributed by atoms with Crippen LogP contribution in [0.4, 0.5) is 4.79 Å². The highest BCUT2D eigenvalue weighted by molar-refractivity contribution is 5.82. The summed E-state index contributed by atoms with van der Waals surface area (Å²) in [5.74, 6) is -0.0456. The third-order valence-electron chi connectivity index (χ3n) is 2.87. The van der Waals surface area contributed by atoms with Crippen LogP contribution in [0, 0.1) is 11.8 Å². The summed E-state index contributed by atoms with van der Waals surface area (Å²) in [4.78, 5) is 24.1. The number of carbonyl (C=O) groups excluding carboxylic acids is 1. The lowest BCUT2D eigenvalue weighted by atomic mass is 9.92. The Morgan fingerprint density at radius 3 is 2.25 bits per heavy atom. The Balaban J connectivity index is 2.50. The first-order valence-corrected chi connectivity index (χ1v) is 5.68. The Morgan fingerprint density at radius 1 is 1.31 bits per heavy atom. The molecule has 1 aliphatic heterocycles. The lowest BCUT2D eigenvalue weighted by molar-refractivity contribution is -0.138. The minimum Gasteiger partial charge on any atom is -0.480 e. The second-order valence-electron chi connectivity index (χ2n) is 4.86. The summed E-state index contributed by atoms with van der Waals surface area (Å²) in [5, 5.41) is 11.2. The van der Waals surface area contributed by atoms with E-state index in [4.69, 9.17) is 5.11 Å². The summed E-state index contributed by atoms with van der Waals surface area (Å²) < 4.78 is 0. The molecule has 0 aromatic heterocycles. The number of hydrogen-bond acceptors (Lipinski definition) is 2. The number of piperidine rings is 1. The van der Waals surface area contributed by atoms with Crippen LogP contribution in [0.2, 0.25) is 0 Å². The molecule has 0 bridgehead atoms. The Bertz CT molecular complexity index is 270. The number of nitrogens with zero attached hydrogens (tertiary/aromatic N) is 1. The van der Waals surface area contributed by atoms with Crippen LogP contribution in [0.1, 0.15) is 27.2 Å². The molecule has 1 fully saturated rings. The van der Waals surface area contributed by atoms with Crippen molar-refractivity contribution in [3.05, 3.63) is 0 Å². The molecule has 92 valence electrons. The zero-order chi connectivity index (χ0) is 12.3. The molecule has 3 atom stereocenters. The van der Waals surface area contributed by atoms with Gasteiger partial charge in [0.2, 0.25) is 0 Å². The molecule has 5 nitrogen and oxygen atoms in total. The van der Waals surface area contributed by atoms with Crippen LogP contribution in [-0.4, -0.2) is 41.1 Å². The third kappa shape index (κ3) is 3.40. The molecule has 2 N–H and O–H groups in total. The molecular weight excluding hydrogens is 208 g/mol. The monoisotopic (exact) mass is 228 g/mol. The SMILES string of the molecule is CC1CC(C)CN(C(=O)NC(C)C(=O)O)C1. The fourth-order valence-electron chi connectivity index (χ4n) is 2.17. The number of nitrogens with one attached hydrogen (secondary N) is 1. The Hall–Kier alpha value is -1.26. The minimum absolute atomic E-state index is 0.270. The van der Waals surface area contributed by atoms with E-state index < -0.39 is 12.0 Å². The predicted molar refractivity (Wildman–Crippen MR) is 60.1 cm³/mol. The first-order valence-electron chi connectivity index (χ1n) is 5.68. The van der Waals surface area contributed by atoms with E-state index in [2.05, 4.69) is 19.2 Å². The largest absolute Gasteiger partial charge is 0.480 e. The molecule has 5 heteroatoms. The second kappa shape index (κ2) is 5.18. The van der Waals surface area contributed by atoms with E-state index in [9.17, 15) is 9.59 Å². The van der Waals surface area contributed by atoms with Gasteiger partial charge in [-0.2, -0.15) is 0 Å². The van der Waals surface area contributed by atoms with Gasteiger partial charge in [0.25, 0.3) is 0 Å². The first kappa shape index (κ1) is 12.8. The van der Waals surface area contributed by atoms with Gasteiger partial charge in [0.05, 0.1) is 0 Å². The van der Waals surface area contributed by atoms with Crippen molar-refractivity contribution < 1.29 is 14.7 Å². The normalized spacial score (nSPS) is 27.3. The molecule has 1 aliphatic rings. The molecule has 0 aromatic carbocycles. The zero-order valence-electron chi connectivity index (χ0n) is 10.1. The molecule has 0 spiro atoms. The molecule has 3 unspecified atom stereocenters. The van der Waals surface area contributed by atoms with E-state index in [1.165, 1.54) is 6.92 Å². The van der Waals surface area contributed by atoms with Crippen molar-refractivity contribution in [1.29, 1.82) is 0 Å². The summed E-state index contributed by atoms with van der Waals surface area (Å²) in [6.45, 7) is 7.11. The van der Waals surface area contributed by atoms with Crippen LogP contribution in [0.15, 0.2) is 0 Å². The van der Waals surface area contributed by atoms with Gasteiger partial charge in [-0.05, 0) is 25.2 Å². The van der Waals surface area contributed by atoms with Crippen molar-refractivity contribution in [2.75, 3.05) is 13.1 Å². The van der Waals surface area contributed by atoms with E-state index in [1.54, 1.807) is 4.90 Å². The van der Waals surface area contributed by atoms with Crippen LogP contribution in [0.25, 0.3) is 0 Å². The number of urea groups is 1. The van der Waals surface area contributed by atoms with Crippen LogP contribution in [0.3, 0.4) is 0 Å². The van der Waals surface area contributed by atoms with Crippen molar-refractivity contribution in [1.82, 2.24) is 10.2 Å². The Kier molecular flexibility index (Phi) is 4.15. The van der Waals surface area contributed by atoms with Gasteiger partial charge < -0.3 is 15.3 Å². The van der Waals surface area contributed by atoms with Gasteiger partial charge in [0, 0.05) is 13.1 Å². The average Bonchev–Trinajstić information content (AvgIpc) is 2.15. The van der Waals surface area contributed by atoms with Crippen LogP contribution in [0.5, 0.6) is 0 Å². The minimum atomic E-state index is -1.01. The van der Waals surface area contributed by atoms with E-state index in [0.717, 1.165) is 6.42 Å². The van der Waals surface area contributed by atoms with Crippen LogP contribution < -0.4 is 5.32 Å². The third-order valence-corrected chi connectivity index (χ3v) is 2.87. The van der Waals surface area contributed by atoms with Gasteiger partial charge in [0.15, 0.2) is 0 Å². The van der Waals surface area contributed by atoms with Crippen molar-refractivity contribution in [2.45, 2.75) is 33.2 Å². The fraction of sp³-hybridized carbons (Fsp3) is 0.818. The lowest BCUT2D eigenvalue weighted by Gasteiger charge is -2.35. The number of amides is 2. The van der Waals surface area contributed by atoms with E-state index in [1.807, 2.05) is 0 Å². The van der Waals surface area contributed by atoms with Crippen molar-refractivity contribution in [2.24, 2.45) is 11.8 Å². The first-order chi connectivity index (χ1) is 7.40. The van der Waals surface area contributed by atoms with Gasteiger partial charge >= 0.3 is 12.0 Å². The van der Waals surface area contributed by atoms with E-state index in [0.29, 0.717) is 24.9 Å². The predicted octanol–water partition coefficient (Wildman–Crippen LogP) is 1.15.